The molecule has 0 N–H and O–H groups in total. The lowest BCUT2D eigenvalue weighted by molar-refractivity contribution is -0.147. The van der Waals surface area contributed by atoms with Gasteiger partial charge < -0.3 is 13.8 Å². The second-order valence-corrected chi connectivity index (χ2v) is 6.61. The number of esters is 1. The minimum atomic E-state index is -3.25. The maximum absolute atomic E-state index is 12.2. The summed E-state index contributed by atoms with van der Waals surface area (Å²) in [6.45, 7) is 2.03. The zero-order valence-electron chi connectivity index (χ0n) is 12.1. The zero-order valence-corrected chi connectivity index (χ0v) is 13.0. The summed E-state index contributed by atoms with van der Waals surface area (Å²) < 4.78 is 27.1. The largest absolute Gasteiger partial charge is 0.466 e. The first-order valence-corrected chi connectivity index (χ1v) is 8.18. The van der Waals surface area contributed by atoms with Crippen molar-refractivity contribution in [2.24, 2.45) is 5.92 Å². The van der Waals surface area contributed by atoms with E-state index in [0.29, 0.717) is 6.42 Å². The highest BCUT2D eigenvalue weighted by Gasteiger charge is 2.32. The molecule has 6 heteroatoms. The molecule has 112 valence electrons. The minimum Gasteiger partial charge on any atom is -0.466 e. The zero-order chi connectivity index (χ0) is 15.0. The lowest BCUT2D eigenvalue weighted by atomic mass is 10.0. The average Bonchev–Trinajstić information content (AvgIpc) is 2.47. The summed E-state index contributed by atoms with van der Waals surface area (Å²) in [7, 11) is -0.624. The van der Waals surface area contributed by atoms with E-state index in [4.69, 9.17) is 13.8 Å². The molecule has 0 aromatic heterocycles. The number of carbonyl (C=O) groups excluding carboxylic acids is 1. The topological polar surface area (TPSA) is 61.8 Å². The van der Waals surface area contributed by atoms with Crippen molar-refractivity contribution >= 4 is 13.6 Å². The molecule has 1 unspecified atom stereocenters. The van der Waals surface area contributed by atoms with Crippen molar-refractivity contribution in [3.8, 4) is 0 Å². The van der Waals surface area contributed by atoms with Crippen LogP contribution in [0.2, 0.25) is 0 Å². The first-order valence-electron chi connectivity index (χ1n) is 6.45. The van der Waals surface area contributed by atoms with Gasteiger partial charge in [-0.3, -0.25) is 9.36 Å². The Balaban J connectivity index is 2.85. The molecule has 1 aromatic carbocycles. The molecular formula is C14H21O5P. The van der Waals surface area contributed by atoms with Crippen LogP contribution in [0, 0.1) is 5.92 Å². The summed E-state index contributed by atoms with van der Waals surface area (Å²) in [6, 6.07) is 9.51. The summed E-state index contributed by atoms with van der Waals surface area (Å²) in [6.07, 6.45) is 0.449. The molecule has 0 fully saturated rings. The molecule has 0 heterocycles. The van der Waals surface area contributed by atoms with Crippen LogP contribution in [0.4, 0.5) is 0 Å². The van der Waals surface area contributed by atoms with Crippen LogP contribution in [-0.2, 0) is 29.6 Å². The van der Waals surface area contributed by atoms with Crippen LogP contribution in [0.15, 0.2) is 30.3 Å². The summed E-state index contributed by atoms with van der Waals surface area (Å²) in [4.78, 5) is 12.0. The van der Waals surface area contributed by atoms with Crippen LogP contribution < -0.4 is 0 Å². The minimum absolute atomic E-state index is 0.00767. The molecule has 0 radical (unpaired) electrons. The number of carbonyl (C=O) groups is 1. The predicted octanol–water partition coefficient (Wildman–Crippen LogP) is 2.89. The third-order valence-electron chi connectivity index (χ3n) is 2.95. The second kappa shape index (κ2) is 8.20. The average molecular weight is 300 g/mol. The summed E-state index contributed by atoms with van der Waals surface area (Å²) in [5.74, 6) is -0.936. The molecule has 0 aliphatic rings. The lowest BCUT2D eigenvalue weighted by Crippen LogP contribution is -2.24. The van der Waals surface area contributed by atoms with Gasteiger partial charge in [-0.25, -0.2) is 0 Å². The van der Waals surface area contributed by atoms with Crippen molar-refractivity contribution in [2.75, 3.05) is 27.0 Å². The van der Waals surface area contributed by atoms with Gasteiger partial charge in [0.1, 0.15) is 0 Å². The van der Waals surface area contributed by atoms with E-state index >= 15 is 0 Å². The van der Waals surface area contributed by atoms with E-state index < -0.39 is 13.5 Å². The SMILES string of the molecule is CCOC(=O)C(Cc1ccccc1)CP(=O)(OC)OC. The van der Waals surface area contributed by atoms with Gasteiger partial charge in [0, 0.05) is 14.2 Å². The van der Waals surface area contributed by atoms with E-state index in [0.717, 1.165) is 5.56 Å². The third-order valence-corrected chi connectivity index (χ3v) is 4.95. The Bertz CT molecular complexity index is 452. The van der Waals surface area contributed by atoms with Crippen molar-refractivity contribution in [1.29, 1.82) is 0 Å². The number of hydrogen-bond acceptors (Lipinski definition) is 5. The number of ether oxygens (including phenoxy) is 1. The van der Waals surface area contributed by atoms with E-state index in [9.17, 15) is 9.36 Å². The number of rotatable bonds is 8. The highest BCUT2D eigenvalue weighted by atomic mass is 31.2. The molecule has 0 spiro atoms. The van der Waals surface area contributed by atoms with Crippen molar-refractivity contribution in [3.05, 3.63) is 35.9 Å². The molecule has 0 saturated heterocycles. The van der Waals surface area contributed by atoms with Crippen LogP contribution >= 0.6 is 7.60 Å². The molecule has 0 aliphatic heterocycles. The molecule has 0 amide bonds. The quantitative estimate of drug-likeness (QED) is 0.545. The predicted molar refractivity (Wildman–Crippen MR) is 76.8 cm³/mol. The van der Waals surface area contributed by atoms with Gasteiger partial charge >= 0.3 is 13.6 Å². The fourth-order valence-electron chi connectivity index (χ4n) is 1.87. The van der Waals surface area contributed by atoms with E-state index in [1.54, 1.807) is 6.92 Å². The highest BCUT2D eigenvalue weighted by Crippen LogP contribution is 2.48. The maximum Gasteiger partial charge on any atom is 0.331 e. The third kappa shape index (κ3) is 5.08. The molecule has 0 saturated carbocycles. The van der Waals surface area contributed by atoms with Gasteiger partial charge in [0.15, 0.2) is 0 Å². The molecule has 1 rings (SSSR count). The first-order chi connectivity index (χ1) is 9.54. The van der Waals surface area contributed by atoms with E-state index in [-0.39, 0.29) is 18.7 Å². The standard InChI is InChI=1S/C14H21O5P/c1-4-19-14(15)13(11-20(16,17-2)18-3)10-12-8-6-5-7-9-12/h5-9,13H,4,10-11H2,1-3H3. The molecule has 0 aliphatic carbocycles. The Labute approximate surface area is 119 Å². The van der Waals surface area contributed by atoms with Crippen molar-refractivity contribution < 1.29 is 23.1 Å². The van der Waals surface area contributed by atoms with Gasteiger partial charge in [0.2, 0.25) is 0 Å². The molecule has 5 nitrogen and oxygen atoms in total. The van der Waals surface area contributed by atoms with Gasteiger partial charge in [0.05, 0.1) is 18.7 Å². The Hall–Kier alpha value is -1.16. The van der Waals surface area contributed by atoms with E-state index in [1.807, 2.05) is 30.3 Å². The van der Waals surface area contributed by atoms with Gasteiger partial charge in [0.25, 0.3) is 0 Å². The van der Waals surface area contributed by atoms with E-state index in [1.165, 1.54) is 14.2 Å². The Kier molecular flexibility index (Phi) is 6.93. The van der Waals surface area contributed by atoms with Crippen LogP contribution in [0.1, 0.15) is 12.5 Å². The number of hydrogen-bond donors (Lipinski definition) is 0. The smallest absolute Gasteiger partial charge is 0.331 e. The molecule has 1 atom stereocenters. The van der Waals surface area contributed by atoms with E-state index in [2.05, 4.69) is 0 Å². The lowest BCUT2D eigenvalue weighted by Gasteiger charge is -2.20. The van der Waals surface area contributed by atoms with Gasteiger partial charge in [-0.05, 0) is 18.9 Å². The highest BCUT2D eigenvalue weighted by molar-refractivity contribution is 7.53. The Morgan fingerprint density at radius 1 is 1.20 bits per heavy atom. The van der Waals surface area contributed by atoms with Crippen LogP contribution in [0.3, 0.4) is 0 Å². The second-order valence-electron chi connectivity index (χ2n) is 4.30. The van der Waals surface area contributed by atoms with Crippen molar-refractivity contribution in [1.82, 2.24) is 0 Å². The van der Waals surface area contributed by atoms with Crippen LogP contribution in [0.5, 0.6) is 0 Å². The van der Waals surface area contributed by atoms with Gasteiger partial charge in [-0.2, -0.15) is 0 Å². The number of benzene rings is 1. The summed E-state index contributed by atoms with van der Waals surface area (Å²) in [5.41, 5.74) is 0.976. The Morgan fingerprint density at radius 3 is 2.30 bits per heavy atom. The fraction of sp³-hybridized carbons (Fsp3) is 0.500. The molecule has 1 aromatic rings. The first kappa shape index (κ1) is 16.9. The fourth-order valence-corrected chi connectivity index (χ4v) is 3.14. The molecular weight excluding hydrogens is 279 g/mol. The monoisotopic (exact) mass is 300 g/mol. The molecule has 20 heavy (non-hydrogen) atoms. The van der Waals surface area contributed by atoms with Crippen LogP contribution in [0.25, 0.3) is 0 Å². The molecule has 0 bridgehead atoms. The van der Waals surface area contributed by atoms with Crippen molar-refractivity contribution in [3.63, 3.8) is 0 Å². The normalized spacial score (nSPS) is 12.9. The summed E-state index contributed by atoms with van der Waals surface area (Å²) in [5, 5.41) is 0. The van der Waals surface area contributed by atoms with Crippen molar-refractivity contribution in [2.45, 2.75) is 13.3 Å². The summed E-state index contributed by atoms with van der Waals surface area (Å²) >= 11 is 0. The van der Waals surface area contributed by atoms with Gasteiger partial charge in [-0.1, -0.05) is 30.3 Å². The maximum atomic E-state index is 12.2. The Morgan fingerprint density at radius 2 is 1.80 bits per heavy atom. The van der Waals surface area contributed by atoms with Crippen LogP contribution in [-0.4, -0.2) is 33.0 Å². The van der Waals surface area contributed by atoms with Gasteiger partial charge in [-0.15, -0.1) is 0 Å².